The van der Waals surface area contributed by atoms with Gasteiger partial charge in [-0.2, -0.15) is 0 Å². The van der Waals surface area contributed by atoms with E-state index in [4.69, 9.17) is 0 Å². The molecule has 0 aromatic carbocycles. The summed E-state index contributed by atoms with van der Waals surface area (Å²) in [4.78, 5) is 0. The molecule has 1 aliphatic rings. The number of nitrogens with one attached hydrogen (secondary N) is 1. The molecule has 0 saturated carbocycles. The second-order valence-electron chi connectivity index (χ2n) is 5.55. The number of rotatable bonds is 4. The lowest BCUT2D eigenvalue weighted by atomic mass is 9.80. The molecule has 0 aromatic rings. The predicted octanol–water partition coefficient (Wildman–Crippen LogP) is 2.34. The summed E-state index contributed by atoms with van der Waals surface area (Å²) in [6, 6.07) is 0. The summed E-state index contributed by atoms with van der Waals surface area (Å²) in [7, 11) is 0. The maximum Gasteiger partial charge on any atom is 0.0715 e. The molecular formula is C13H25NO. The van der Waals surface area contributed by atoms with Crippen LogP contribution in [0.1, 0.15) is 40.5 Å². The molecule has 2 heteroatoms. The lowest BCUT2D eigenvalue weighted by Gasteiger charge is -2.30. The van der Waals surface area contributed by atoms with Crippen molar-refractivity contribution in [1.29, 1.82) is 0 Å². The number of aliphatic hydroxyl groups is 1. The van der Waals surface area contributed by atoms with Crippen LogP contribution < -0.4 is 5.32 Å². The molecule has 2 nitrogen and oxygen atoms in total. The lowest BCUT2D eigenvalue weighted by Crippen LogP contribution is -2.39. The van der Waals surface area contributed by atoms with Crippen LogP contribution in [0.5, 0.6) is 0 Å². The Labute approximate surface area is 93.8 Å². The van der Waals surface area contributed by atoms with E-state index in [0.717, 1.165) is 12.5 Å². The molecule has 2 atom stereocenters. The molecule has 15 heavy (non-hydrogen) atoms. The maximum absolute atomic E-state index is 9.60. The van der Waals surface area contributed by atoms with Gasteiger partial charge in [0.15, 0.2) is 0 Å². The van der Waals surface area contributed by atoms with Crippen LogP contribution in [0.4, 0.5) is 0 Å². The van der Waals surface area contributed by atoms with Crippen LogP contribution in [0.25, 0.3) is 0 Å². The zero-order valence-corrected chi connectivity index (χ0v) is 10.5. The first-order valence-corrected chi connectivity index (χ1v) is 6.00. The minimum Gasteiger partial charge on any atom is -0.389 e. The van der Waals surface area contributed by atoms with Crippen molar-refractivity contribution in [3.05, 3.63) is 11.6 Å². The zero-order valence-electron chi connectivity index (χ0n) is 10.5. The van der Waals surface area contributed by atoms with Gasteiger partial charge in [-0.25, -0.2) is 0 Å². The standard InChI is InChI=1S/C13H25NO/c1-10-6-5-7-11(2)12(10)8-14-9-13(3,4)15/h6,11-12,14-15H,5,7-9H2,1-4H3/t11-,12-/m1/s1. The fourth-order valence-corrected chi connectivity index (χ4v) is 2.27. The van der Waals surface area contributed by atoms with Gasteiger partial charge < -0.3 is 10.4 Å². The van der Waals surface area contributed by atoms with Crippen molar-refractivity contribution < 1.29 is 5.11 Å². The predicted molar refractivity (Wildman–Crippen MR) is 64.8 cm³/mol. The molecule has 0 bridgehead atoms. The normalized spacial score (nSPS) is 27.7. The van der Waals surface area contributed by atoms with Gasteiger partial charge in [0.05, 0.1) is 5.60 Å². The summed E-state index contributed by atoms with van der Waals surface area (Å²) in [5, 5.41) is 13.0. The van der Waals surface area contributed by atoms with Crippen LogP contribution in [-0.2, 0) is 0 Å². The van der Waals surface area contributed by atoms with Crippen molar-refractivity contribution in [2.24, 2.45) is 11.8 Å². The van der Waals surface area contributed by atoms with Crippen molar-refractivity contribution in [1.82, 2.24) is 5.32 Å². The Morgan fingerprint density at radius 1 is 1.53 bits per heavy atom. The van der Waals surface area contributed by atoms with E-state index >= 15 is 0 Å². The van der Waals surface area contributed by atoms with Crippen molar-refractivity contribution in [3.63, 3.8) is 0 Å². The van der Waals surface area contributed by atoms with Crippen LogP contribution in [0.2, 0.25) is 0 Å². The number of hydrogen-bond acceptors (Lipinski definition) is 2. The van der Waals surface area contributed by atoms with Gasteiger partial charge >= 0.3 is 0 Å². The third-order valence-corrected chi connectivity index (χ3v) is 3.28. The van der Waals surface area contributed by atoms with Gasteiger partial charge in [0.1, 0.15) is 0 Å². The van der Waals surface area contributed by atoms with E-state index in [9.17, 15) is 5.11 Å². The fourth-order valence-electron chi connectivity index (χ4n) is 2.27. The molecule has 0 aliphatic heterocycles. The first-order valence-electron chi connectivity index (χ1n) is 6.00. The highest BCUT2D eigenvalue weighted by Gasteiger charge is 2.22. The Morgan fingerprint density at radius 3 is 2.73 bits per heavy atom. The van der Waals surface area contributed by atoms with Crippen molar-refractivity contribution in [2.45, 2.75) is 46.1 Å². The van der Waals surface area contributed by atoms with Gasteiger partial charge in [-0.15, -0.1) is 0 Å². The smallest absolute Gasteiger partial charge is 0.0715 e. The van der Waals surface area contributed by atoms with E-state index in [-0.39, 0.29) is 0 Å². The summed E-state index contributed by atoms with van der Waals surface area (Å²) in [5.41, 5.74) is 0.909. The minimum absolute atomic E-state index is 0.602. The van der Waals surface area contributed by atoms with Crippen LogP contribution in [-0.4, -0.2) is 23.8 Å². The molecule has 1 rings (SSSR count). The molecular weight excluding hydrogens is 186 g/mol. The van der Waals surface area contributed by atoms with Gasteiger partial charge in [-0.05, 0) is 45.4 Å². The molecule has 0 saturated heterocycles. The number of allylic oxidation sites excluding steroid dienone is 1. The Balaban J connectivity index is 2.37. The van der Waals surface area contributed by atoms with Crippen molar-refractivity contribution in [3.8, 4) is 0 Å². The molecule has 0 amide bonds. The molecule has 2 N–H and O–H groups in total. The highest BCUT2D eigenvalue weighted by Crippen LogP contribution is 2.29. The van der Waals surface area contributed by atoms with Crippen LogP contribution in [0, 0.1) is 11.8 Å². The SMILES string of the molecule is CC1=CCC[C@@H](C)[C@@H]1CNCC(C)(C)O. The monoisotopic (exact) mass is 211 g/mol. The van der Waals surface area contributed by atoms with Crippen molar-refractivity contribution in [2.75, 3.05) is 13.1 Å². The molecule has 0 aromatic heterocycles. The highest BCUT2D eigenvalue weighted by molar-refractivity contribution is 5.09. The largest absolute Gasteiger partial charge is 0.389 e. The minimum atomic E-state index is -0.602. The van der Waals surface area contributed by atoms with E-state index in [1.165, 1.54) is 18.4 Å². The summed E-state index contributed by atoms with van der Waals surface area (Å²) < 4.78 is 0. The molecule has 0 unspecified atom stereocenters. The summed E-state index contributed by atoms with van der Waals surface area (Å²) in [5.74, 6) is 1.42. The molecule has 1 aliphatic carbocycles. The molecule has 0 fully saturated rings. The van der Waals surface area contributed by atoms with Gasteiger partial charge in [-0.1, -0.05) is 18.6 Å². The summed E-state index contributed by atoms with van der Waals surface area (Å²) in [6.45, 7) is 9.90. The average molecular weight is 211 g/mol. The van der Waals surface area contributed by atoms with Crippen LogP contribution in [0.3, 0.4) is 0 Å². The maximum atomic E-state index is 9.60. The van der Waals surface area contributed by atoms with E-state index in [1.807, 2.05) is 13.8 Å². The highest BCUT2D eigenvalue weighted by atomic mass is 16.3. The second kappa shape index (κ2) is 5.13. The van der Waals surface area contributed by atoms with Gasteiger partial charge in [0.2, 0.25) is 0 Å². The Hall–Kier alpha value is -0.340. The quantitative estimate of drug-likeness (QED) is 0.700. The molecule has 0 radical (unpaired) electrons. The topological polar surface area (TPSA) is 32.3 Å². The number of hydrogen-bond donors (Lipinski definition) is 2. The third kappa shape index (κ3) is 4.35. The summed E-state index contributed by atoms with van der Waals surface area (Å²) >= 11 is 0. The Bertz CT molecular complexity index is 227. The second-order valence-corrected chi connectivity index (χ2v) is 5.55. The molecule has 88 valence electrons. The Kier molecular flexibility index (Phi) is 4.35. The average Bonchev–Trinajstić information content (AvgIpc) is 2.08. The van der Waals surface area contributed by atoms with Gasteiger partial charge in [-0.3, -0.25) is 0 Å². The van der Waals surface area contributed by atoms with E-state index in [1.54, 1.807) is 0 Å². The lowest BCUT2D eigenvalue weighted by molar-refractivity contribution is 0.0782. The van der Waals surface area contributed by atoms with E-state index in [0.29, 0.717) is 12.5 Å². The van der Waals surface area contributed by atoms with E-state index in [2.05, 4.69) is 25.2 Å². The Morgan fingerprint density at radius 2 is 2.20 bits per heavy atom. The van der Waals surface area contributed by atoms with Crippen LogP contribution >= 0.6 is 0 Å². The van der Waals surface area contributed by atoms with E-state index < -0.39 is 5.60 Å². The fraction of sp³-hybridized carbons (Fsp3) is 0.846. The molecule has 0 heterocycles. The van der Waals surface area contributed by atoms with Crippen molar-refractivity contribution >= 4 is 0 Å². The van der Waals surface area contributed by atoms with Gasteiger partial charge in [0, 0.05) is 13.1 Å². The molecule has 0 spiro atoms. The van der Waals surface area contributed by atoms with Crippen LogP contribution in [0.15, 0.2) is 11.6 Å². The van der Waals surface area contributed by atoms with Gasteiger partial charge in [0.25, 0.3) is 0 Å². The first kappa shape index (κ1) is 12.7. The first-order chi connectivity index (χ1) is 6.90. The third-order valence-electron chi connectivity index (χ3n) is 3.28. The summed E-state index contributed by atoms with van der Waals surface area (Å²) in [6.07, 6.45) is 4.89. The zero-order chi connectivity index (χ0) is 11.5.